The molecule has 1 aromatic heterocycles. The van der Waals surface area contributed by atoms with E-state index in [0.29, 0.717) is 0 Å². The van der Waals surface area contributed by atoms with Crippen LogP contribution in [-0.2, 0) is 5.41 Å². The van der Waals surface area contributed by atoms with E-state index < -0.39 is 0 Å². The van der Waals surface area contributed by atoms with Crippen LogP contribution in [0.25, 0.3) is 88.0 Å². The molecule has 0 N–H and O–H groups in total. The third kappa shape index (κ3) is 3.73. The van der Waals surface area contributed by atoms with E-state index >= 15 is 0 Å². The van der Waals surface area contributed by atoms with E-state index in [2.05, 4.69) is 172 Å². The summed E-state index contributed by atoms with van der Waals surface area (Å²) < 4.78 is 7.07. The first kappa shape index (κ1) is 27.2. The van der Waals surface area contributed by atoms with Crippen molar-refractivity contribution in [3.05, 3.63) is 169 Å². The maximum absolute atomic E-state index is 7.07. The normalized spacial score (nSPS) is 13.4. The topological polar surface area (TPSA) is 13.1 Å². The van der Waals surface area contributed by atoms with Gasteiger partial charge in [-0.15, -0.1) is 0 Å². The number of furan rings is 1. The summed E-state index contributed by atoms with van der Waals surface area (Å²) in [6.45, 7) is 4.69. The SMILES string of the molecule is CC1(C)c2ccccc2-c2ccc(-c3oc4ccc5ccccc5c4c3-c3c4ccccc4c(-c4ccccc4)c4ccccc34)cc21. The van der Waals surface area contributed by atoms with Crippen molar-refractivity contribution in [1.29, 1.82) is 0 Å². The van der Waals surface area contributed by atoms with E-state index in [1.54, 1.807) is 0 Å². The summed E-state index contributed by atoms with van der Waals surface area (Å²) >= 11 is 0. The Bertz CT molecular complexity index is 2690. The van der Waals surface area contributed by atoms with Crippen molar-refractivity contribution in [2.75, 3.05) is 0 Å². The Morgan fingerprint density at radius 3 is 1.73 bits per heavy atom. The Morgan fingerprint density at radius 2 is 1.00 bits per heavy atom. The lowest BCUT2D eigenvalue weighted by Crippen LogP contribution is -2.14. The second kappa shape index (κ2) is 10.0. The highest BCUT2D eigenvalue weighted by atomic mass is 16.3. The fraction of sp³-hybridized carbons (Fsp3) is 0.0638. The molecule has 226 valence electrons. The zero-order valence-electron chi connectivity index (χ0n) is 26.9. The van der Waals surface area contributed by atoms with Gasteiger partial charge >= 0.3 is 0 Å². The molecule has 10 rings (SSSR count). The number of rotatable bonds is 3. The van der Waals surface area contributed by atoms with Crippen molar-refractivity contribution < 1.29 is 4.42 Å². The molecule has 0 radical (unpaired) electrons. The summed E-state index contributed by atoms with van der Waals surface area (Å²) in [5.41, 5.74) is 12.1. The summed E-state index contributed by atoms with van der Waals surface area (Å²) in [6, 6.07) is 57.5. The summed E-state index contributed by atoms with van der Waals surface area (Å²) in [6.07, 6.45) is 0. The number of benzene rings is 8. The highest BCUT2D eigenvalue weighted by molar-refractivity contribution is 6.27. The van der Waals surface area contributed by atoms with Crippen molar-refractivity contribution in [3.63, 3.8) is 0 Å². The third-order valence-electron chi connectivity index (χ3n) is 10.7. The van der Waals surface area contributed by atoms with Gasteiger partial charge in [-0.05, 0) is 77.8 Å². The van der Waals surface area contributed by atoms with Crippen LogP contribution < -0.4 is 0 Å². The lowest BCUT2D eigenvalue weighted by atomic mass is 9.81. The highest BCUT2D eigenvalue weighted by Crippen LogP contribution is 2.53. The monoisotopic (exact) mass is 612 g/mol. The maximum atomic E-state index is 7.07. The molecule has 0 spiro atoms. The average Bonchev–Trinajstić information content (AvgIpc) is 3.63. The van der Waals surface area contributed by atoms with Crippen molar-refractivity contribution in [1.82, 2.24) is 0 Å². The molecule has 1 aliphatic rings. The molecule has 0 atom stereocenters. The first-order valence-electron chi connectivity index (χ1n) is 16.8. The number of hydrogen-bond acceptors (Lipinski definition) is 1. The second-order valence-electron chi connectivity index (χ2n) is 13.6. The molecular formula is C47H32O. The summed E-state index contributed by atoms with van der Waals surface area (Å²) in [5.74, 6) is 0.915. The van der Waals surface area contributed by atoms with Gasteiger partial charge < -0.3 is 4.42 Å². The van der Waals surface area contributed by atoms with E-state index in [0.717, 1.165) is 27.9 Å². The predicted octanol–water partition coefficient (Wildman–Crippen LogP) is 13.2. The van der Waals surface area contributed by atoms with Gasteiger partial charge in [-0.1, -0.05) is 159 Å². The molecule has 9 aromatic rings. The molecule has 0 amide bonds. The van der Waals surface area contributed by atoms with E-state index in [4.69, 9.17) is 4.42 Å². The van der Waals surface area contributed by atoms with E-state index in [9.17, 15) is 0 Å². The standard InChI is InChI=1S/C47H32O/c1-47(2)39-23-13-12-18-33(39)34-26-24-31(28-40(34)47)46-45(44-32-17-7-6-14-29(32)25-27-41(44)48-46)43-37-21-10-8-19-35(37)42(30-15-4-3-5-16-30)36-20-9-11-22-38(36)43/h3-28H,1-2H3. The van der Waals surface area contributed by atoms with Crippen molar-refractivity contribution in [3.8, 4) is 44.7 Å². The summed E-state index contributed by atoms with van der Waals surface area (Å²) in [5, 5.41) is 8.50. The van der Waals surface area contributed by atoms with Gasteiger partial charge in [0.1, 0.15) is 11.3 Å². The maximum Gasteiger partial charge on any atom is 0.143 e. The van der Waals surface area contributed by atoms with Crippen molar-refractivity contribution in [2.24, 2.45) is 0 Å². The van der Waals surface area contributed by atoms with Gasteiger partial charge in [0.15, 0.2) is 0 Å². The van der Waals surface area contributed by atoms with Crippen LogP contribution in [0.5, 0.6) is 0 Å². The van der Waals surface area contributed by atoms with Crippen LogP contribution in [0.1, 0.15) is 25.0 Å². The van der Waals surface area contributed by atoms with E-state index in [1.807, 2.05) is 0 Å². The minimum atomic E-state index is -0.114. The van der Waals surface area contributed by atoms with Crippen LogP contribution in [0, 0.1) is 0 Å². The van der Waals surface area contributed by atoms with E-state index in [-0.39, 0.29) is 5.41 Å². The molecule has 0 fully saturated rings. The molecule has 0 saturated heterocycles. The molecule has 1 heteroatoms. The second-order valence-corrected chi connectivity index (χ2v) is 13.6. The highest BCUT2D eigenvalue weighted by Gasteiger charge is 2.36. The number of fused-ring (bicyclic) bond motifs is 8. The number of hydrogen-bond donors (Lipinski definition) is 0. The first-order chi connectivity index (χ1) is 23.6. The lowest BCUT2D eigenvalue weighted by Gasteiger charge is -2.22. The molecule has 0 bridgehead atoms. The zero-order chi connectivity index (χ0) is 32.0. The Kier molecular flexibility index (Phi) is 5.69. The molecule has 48 heavy (non-hydrogen) atoms. The van der Waals surface area contributed by atoms with Crippen LogP contribution in [0.15, 0.2) is 162 Å². The van der Waals surface area contributed by atoms with Crippen LogP contribution in [0.3, 0.4) is 0 Å². The minimum absolute atomic E-state index is 0.114. The molecule has 0 unspecified atom stereocenters. The fourth-order valence-electron chi connectivity index (χ4n) is 8.47. The molecule has 1 nitrogen and oxygen atoms in total. The Labute approximate surface area is 279 Å². The molecule has 8 aromatic carbocycles. The van der Waals surface area contributed by atoms with Gasteiger partial charge in [-0.3, -0.25) is 0 Å². The largest absolute Gasteiger partial charge is 0.455 e. The third-order valence-corrected chi connectivity index (χ3v) is 10.7. The van der Waals surface area contributed by atoms with Gasteiger partial charge in [0, 0.05) is 27.5 Å². The Morgan fingerprint density at radius 1 is 0.417 bits per heavy atom. The van der Waals surface area contributed by atoms with Gasteiger partial charge in [0.05, 0.1) is 0 Å². The van der Waals surface area contributed by atoms with Crippen LogP contribution in [0.2, 0.25) is 0 Å². The van der Waals surface area contributed by atoms with Gasteiger partial charge in [0.2, 0.25) is 0 Å². The van der Waals surface area contributed by atoms with Crippen LogP contribution >= 0.6 is 0 Å². The average molecular weight is 613 g/mol. The molecule has 1 heterocycles. The molecule has 0 aliphatic heterocycles. The Balaban J connectivity index is 1.37. The molecule has 0 saturated carbocycles. The molecule has 1 aliphatic carbocycles. The van der Waals surface area contributed by atoms with Gasteiger partial charge in [0.25, 0.3) is 0 Å². The van der Waals surface area contributed by atoms with E-state index in [1.165, 1.54) is 71.3 Å². The van der Waals surface area contributed by atoms with Crippen molar-refractivity contribution >= 4 is 43.3 Å². The minimum Gasteiger partial charge on any atom is -0.455 e. The zero-order valence-corrected chi connectivity index (χ0v) is 26.9. The summed E-state index contributed by atoms with van der Waals surface area (Å²) in [7, 11) is 0. The quantitative estimate of drug-likeness (QED) is 0.181. The predicted molar refractivity (Wildman–Crippen MR) is 203 cm³/mol. The smallest absolute Gasteiger partial charge is 0.143 e. The van der Waals surface area contributed by atoms with Gasteiger partial charge in [-0.25, -0.2) is 0 Å². The molecular weight excluding hydrogens is 581 g/mol. The Hall–Kier alpha value is -5.92. The van der Waals surface area contributed by atoms with Crippen LogP contribution in [-0.4, -0.2) is 0 Å². The van der Waals surface area contributed by atoms with Gasteiger partial charge in [-0.2, -0.15) is 0 Å². The first-order valence-corrected chi connectivity index (χ1v) is 16.8. The summed E-state index contributed by atoms with van der Waals surface area (Å²) in [4.78, 5) is 0. The van der Waals surface area contributed by atoms with Crippen molar-refractivity contribution in [2.45, 2.75) is 19.3 Å². The fourth-order valence-corrected chi connectivity index (χ4v) is 8.47. The van der Waals surface area contributed by atoms with Crippen LogP contribution in [0.4, 0.5) is 0 Å². The lowest BCUT2D eigenvalue weighted by molar-refractivity contribution is 0.631.